The average Bonchev–Trinajstić information content (AvgIpc) is 3.13. The van der Waals surface area contributed by atoms with Crippen molar-refractivity contribution in [1.82, 2.24) is 36.4 Å². The molecule has 0 bridgehead atoms. The van der Waals surface area contributed by atoms with Gasteiger partial charge >= 0.3 is 0 Å². The van der Waals surface area contributed by atoms with E-state index in [9.17, 15) is 24.0 Å². The average molecular weight is 735 g/mol. The van der Waals surface area contributed by atoms with Crippen LogP contribution in [0.15, 0.2) is 0 Å². The first-order valence-corrected chi connectivity index (χ1v) is 20.1. The summed E-state index contributed by atoms with van der Waals surface area (Å²) in [5.74, 6) is -2.62. The second-order valence-electron chi connectivity index (χ2n) is 15.8. The first-order valence-electron chi connectivity index (χ1n) is 20.1. The van der Waals surface area contributed by atoms with Gasteiger partial charge in [-0.2, -0.15) is 0 Å². The number of piperazine rings is 1. The largest absolute Gasteiger partial charge is 0.375 e. The number of unbranched alkanes of at least 4 members (excludes halogenated alkanes) is 3. The van der Waals surface area contributed by atoms with Gasteiger partial charge in [-0.15, -0.1) is 0 Å². The molecule has 0 aromatic carbocycles. The van der Waals surface area contributed by atoms with E-state index >= 15 is 0 Å². The first-order chi connectivity index (χ1) is 24.9. The summed E-state index contributed by atoms with van der Waals surface area (Å²) in [5, 5.41) is 15.1. The molecule has 5 amide bonds. The third-order valence-electron chi connectivity index (χ3n) is 10.9. The van der Waals surface area contributed by atoms with Crippen LogP contribution in [0.1, 0.15) is 105 Å². The molecule has 7 N–H and O–H groups in total. The van der Waals surface area contributed by atoms with Crippen LogP contribution in [-0.4, -0.2) is 129 Å². The van der Waals surface area contributed by atoms with Gasteiger partial charge in [0, 0.05) is 52.4 Å². The third-order valence-corrected chi connectivity index (χ3v) is 10.9. The van der Waals surface area contributed by atoms with E-state index in [0.29, 0.717) is 12.8 Å². The zero-order valence-electron chi connectivity index (χ0n) is 32.8. The number of rotatable bonds is 11. The molecule has 3 aliphatic rings. The topological polar surface area (TPSA) is 187 Å². The van der Waals surface area contributed by atoms with E-state index in [4.69, 9.17) is 10.5 Å². The number of hydrogen-bond donors (Lipinski definition) is 6. The minimum Gasteiger partial charge on any atom is -0.375 e. The van der Waals surface area contributed by atoms with Crippen LogP contribution >= 0.6 is 0 Å². The van der Waals surface area contributed by atoms with Gasteiger partial charge in [-0.25, -0.2) is 0 Å². The number of hydrogen-bond acceptors (Lipinski definition) is 9. The van der Waals surface area contributed by atoms with E-state index in [0.717, 1.165) is 84.0 Å². The van der Waals surface area contributed by atoms with Crippen LogP contribution in [-0.2, 0) is 28.7 Å². The number of amides is 5. The second kappa shape index (κ2) is 22.4. The molecule has 1 unspecified atom stereocenters. The number of likely N-dealkylation sites (N-methyl/N-ethyl adjacent to an activating group) is 1. The van der Waals surface area contributed by atoms with Crippen molar-refractivity contribution in [3.8, 4) is 0 Å². The van der Waals surface area contributed by atoms with Gasteiger partial charge in [-0.1, -0.05) is 72.6 Å². The van der Waals surface area contributed by atoms with Gasteiger partial charge in [-0.05, 0) is 44.4 Å². The molecule has 0 aromatic heterocycles. The highest BCUT2D eigenvalue weighted by Gasteiger charge is 2.39. The molecule has 7 atom stereocenters. The summed E-state index contributed by atoms with van der Waals surface area (Å²) in [6.07, 6.45) is 9.11. The quantitative estimate of drug-likeness (QED) is 0.170. The third kappa shape index (κ3) is 13.6. The summed E-state index contributed by atoms with van der Waals surface area (Å²) < 4.78 is 6.43. The molecule has 14 heteroatoms. The molecule has 1 saturated carbocycles. The maximum absolute atomic E-state index is 14.2. The lowest BCUT2D eigenvalue weighted by molar-refractivity contribution is -0.147. The number of ether oxygens (including phenoxy) is 1. The standard InChI is InChI=1S/C38H70N8O6/c1-7-8-9-13-16-32-27(5)38(51)45(6)31(21-25(2)3)36(49)44-33(28-14-11-10-12-15-28)37(50)42-29(22-39)34(47)43-30(23-46-19-17-40-18-20-46)35(48)41-26(4)24-52-32/h25-33,40H,7-24,39H2,1-6H3,(H,41,48)(H,42,50)(H,43,47)(H,44,49)/t26-,27-,29+,30?,31+,32-,33+/m1/s1. The fourth-order valence-corrected chi connectivity index (χ4v) is 7.65. The molecule has 1 aliphatic carbocycles. The van der Waals surface area contributed by atoms with Crippen molar-refractivity contribution in [3.63, 3.8) is 0 Å². The highest BCUT2D eigenvalue weighted by molar-refractivity contribution is 5.96. The summed E-state index contributed by atoms with van der Waals surface area (Å²) in [4.78, 5) is 73.7. The molecule has 2 aliphatic heterocycles. The van der Waals surface area contributed by atoms with Crippen LogP contribution in [0, 0.1) is 17.8 Å². The number of nitrogens with two attached hydrogens (primary N) is 1. The lowest BCUT2D eigenvalue weighted by atomic mass is 9.83. The molecule has 0 spiro atoms. The van der Waals surface area contributed by atoms with Crippen molar-refractivity contribution < 1.29 is 28.7 Å². The normalized spacial score (nSPS) is 30.5. The molecule has 0 aromatic rings. The fourth-order valence-electron chi connectivity index (χ4n) is 7.65. The van der Waals surface area contributed by atoms with E-state index in [1.165, 1.54) is 4.90 Å². The van der Waals surface area contributed by atoms with Crippen LogP contribution in [0.4, 0.5) is 0 Å². The summed E-state index contributed by atoms with van der Waals surface area (Å²) in [5.41, 5.74) is 6.08. The number of nitrogens with one attached hydrogen (secondary N) is 5. The Kier molecular flexibility index (Phi) is 18.8. The van der Waals surface area contributed by atoms with Gasteiger partial charge in [-0.3, -0.25) is 28.9 Å². The Morgan fingerprint density at radius 3 is 2.12 bits per heavy atom. The molecule has 2 heterocycles. The van der Waals surface area contributed by atoms with Gasteiger partial charge in [0.1, 0.15) is 24.2 Å². The summed E-state index contributed by atoms with van der Waals surface area (Å²) in [6.45, 7) is 13.1. The molecular formula is C38H70N8O6. The Morgan fingerprint density at radius 1 is 0.827 bits per heavy atom. The van der Waals surface area contributed by atoms with Gasteiger partial charge < -0.3 is 42.0 Å². The second-order valence-corrected chi connectivity index (χ2v) is 15.8. The van der Waals surface area contributed by atoms with Crippen molar-refractivity contribution in [1.29, 1.82) is 0 Å². The molecule has 298 valence electrons. The highest BCUT2D eigenvalue weighted by atomic mass is 16.5. The molecule has 52 heavy (non-hydrogen) atoms. The molecule has 0 radical (unpaired) electrons. The smallest absolute Gasteiger partial charge is 0.244 e. The van der Waals surface area contributed by atoms with Gasteiger partial charge in [0.05, 0.1) is 18.6 Å². The predicted molar refractivity (Wildman–Crippen MR) is 202 cm³/mol. The SMILES string of the molecule is CCCCCC[C@H]1OC[C@@H](C)NC(=O)C(CN2CCNCC2)NC(=O)[C@H](CN)NC(=O)[C@H](C2CCCCC2)NC(=O)[C@H](CC(C)C)N(C)C(=O)[C@@H]1C. The fraction of sp³-hybridized carbons (Fsp3) is 0.868. The van der Waals surface area contributed by atoms with Gasteiger partial charge in [0.2, 0.25) is 29.5 Å². The lowest BCUT2D eigenvalue weighted by Crippen LogP contribution is -2.63. The Morgan fingerprint density at radius 2 is 1.48 bits per heavy atom. The summed E-state index contributed by atoms with van der Waals surface area (Å²) >= 11 is 0. The minimum atomic E-state index is -1.12. The number of carbonyl (C=O) groups excluding carboxylic acids is 5. The van der Waals surface area contributed by atoms with Crippen LogP contribution < -0.4 is 32.3 Å². The van der Waals surface area contributed by atoms with Crippen molar-refractivity contribution in [2.24, 2.45) is 23.5 Å². The van der Waals surface area contributed by atoms with Crippen LogP contribution in [0.2, 0.25) is 0 Å². The molecule has 3 rings (SSSR count). The number of carbonyl (C=O) groups is 5. The van der Waals surface area contributed by atoms with E-state index in [-0.39, 0.29) is 43.3 Å². The molecule has 2 saturated heterocycles. The Labute approximate surface area is 312 Å². The Hall–Kier alpha value is -2.81. The Balaban J connectivity index is 2.00. The molecular weight excluding hydrogens is 664 g/mol. The van der Waals surface area contributed by atoms with Crippen LogP contribution in [0.5, 0.6) is 0 Å². The van der Waals surface area contributed by atoms with E-state index in [1.807, 2.05) is 27.7 Å². The van der Waals surface area contributed by atoms with E-state index < -0.39 is 60.0 Å². The summed E-state index contributed by atoms with van der Waals surface area (Å²) in [6, 6.07) is -4.18. The van der Waals surface area contributed by atoms with Gasteiger partial charge in [0.15, 0.2) is 0 Å². The number of nitrogens with zero attached hydrogens (tertiary/aromatic N) is 2. The highest BCUT2D eigenvalue weighted by Crippen LogP contribution is 2.28. The maximum atomic E-state index is 14.2. The van der Waals surface area contributed by atoms with Crippen LogP contribution in [0.3, 0.4) is 0 Å². The maximum Gasteiger partial charge on any atom is 0.244 e. The van der Waals surface area contributed by atoms with E-state index in [1.54, 1.807) is 7.05 Å². The predicted octanol–water partition coefficient (Wildman–Crippen LogP) is 1.27. The molecule has 3 fully saturated rings. The zero-order chi connectivity index (χ0) is 38.2. The van der Waals surface area contributed by atoms with Crippen molar-refractivity contribution in [3.05, 3.63) is 0 Å². The first kappa shape index (κ1) is 43.6. The zero-order valence-corrected chi connectivity index (χ0v) is 32.8. The molecule has 14 nitrogen and oxygen atoms in total. The van der Waals surface area contributed by atoms with E-state index in [2.05, 4.69) is 38.4 Å². The lowest BCUT2D eigenvalue weighted by Gasteiger charge is -2.36. The van der Waals surface area contributed by atoms with Gasteiger partial charge in [0.25, 0.3) is 0 Å². The minimum absolute atomic E-state index is 0.0925. The summed E-state index contributed by atoms with van der Waals surface area (Å²) in [7, 11) is 1.66. The Bertz CT molecular complexity index is 1140. The van der Waals surface area contributed by atoms with Crippen molar-refractivity contribution >= 4 is 29.5 Å². The monoisotopic (exact) mass is 735 g/mol. The van der Waals surface area contributed by atoms with Crippen molar-refractivity contribution in [2.45, 2.75) is 142 Å². The van der Waals surface area contributed by atoms with Crippen LogP contribution in [0.25, 0.3) is 0 Å². The van der Waals surface area contributed by atoms with Crippen molar-refractivity contribution in [2.75, 3.05) is 52.9 Å².